The first-order chi connectivity index (χ1) is 17.9. The van der Waals surface area contributed by atoms with E-state index in [4.69, 9.17) is 15.1 Å². The first kappa shape index (κ1) is 23.6. The summed E-state index contributed by atoms with van der Waals surface area (Å²) in [6.45, 7) is 2.62. The summed E-state index contributed by atoms with van der Waals surface area (Å²) in [4.78, 5) is 27.9. The Morgan fingerprint density at radius 1 is 1.16 bits per heavy atom. The van der Waals surface area contributed by atoms with Gasteiger partial charge in [0.25, 0.3) is 5.91 Å². The molecule has 1 aliphatic rings. The van der Waals surface area contributed by atoms with E-state index in [0.29, 0.717) is 34.6 Å². The number of likely N-dealkylation sites (tertiary alicyclic amines) is 1. The van der Waals surface area contributed by atoms with E-state index in [2.05, 4.69) is 31.0 Å². The summed E-state index contributed by atoms with van der Waals surface area (Å²) < 4.78 is 7.80. The fourth-order valence-corrected chi connectivity index (χ4v) is 5.42. The third-order valence-corrected chi connectivity index (χ3v) is 7.68. The van der Waals surface area contributed by atoms with Gasteiger partial charge in [-0.2, -0.15) is 9.61 Å². The molecule has 11 heteroatoms. The molecule has 0 bridgehead atoms. The third kappa shape index (κ3) is 4.13. The number of aliphatic hydroxyl groups excluding tert-OH is 1. The summed E-state index contributed by atoms with van der Waals surface area (Å²) in [6, 6.07) is 7.66. The highest BCUT2D eigenvalue weighted by molar-refractivity contribution is 9.10. The molecule has 0 aromatic carbocycles. The number of amides is 1. The minimum absolute atomic E-state index is 0.118. The van der Waals surface area contributed by atoms with Crippen molar-refractivity contribution in [3.05, 3.63) is 59.3 Å². The zero-order chi connectivity index (χ0) is 25.7. The highest BCUT2D eigenvalue weighted by Crippen LogP contribution is 2.37. The van der Waals surface area contributed by atoms with Gasteiger partial charge in [-0.05, 0) is 47.8 Å². The number of fused-ring (bicyclic) bond motifs is 2. The van der Waals surface area contributed by atoms with Crippen LogP contribution in [-0.2, 0) is 4.79 Å². The molecule has 1 atom stereocenters. The van der Waals surface area contributed by atoms with Crippen LogP contribution in [0.5, 0.6) is 0 Å². The van der Waals surface area contributed by atoms with Crippen LogP contribution in [0.3, 0.4) is 0 Å². The molecular weight excluding hydrogens is 538 g/mol. The number of aromatic nitrogens is 5. The van der Waals surface area contributed by atoms with Gasteiger partial charge in [-0.15, -0.1) is 0 Å². The van der Waals surface area contributed by atoms with Gasteiger partial charge in [0.05, 0.1) is 28.3 Å². The molecule has 3 N–H and O–H groups in total. The Labute approximate surface area is 220 Å². The summed E-state index contributed by atoms with van der Waals surface area (Å²) in [7, 11) is 0. The van der Waals surface area contributed by atoms with E-state index in [1.165, 1.54) is 6.92 Å². The lowest BCUT2D eigenvalue weighted by atomic mass is 9.93. The zero-order valence-corrected chi connectivity index (χ0v) is 21.6. The van der Waals surface area contributed by atoms with Gasteiger partial charge >= 0.3 is 0 Å². The number of carbonyl (C=O) groups excluding carboxylic acids is 1. The summed E-state index contributed by atoms with van der Waals surface area (Å²) in [5.74, 6) is 0.345. The molecule has 10 nitrogen and oxygen atoms in total. The SMILES string of the molecule is C[C@@H](O)C(=O)N1CCC(c2nc3c(-c4ccc(-c5cnc6ccoc6c5)nc4)cnn3c(N)c2Br)CC1. The van der Waals surface area contributed by atoms with E-state index >= 15 is 0 Å². The number of hydrogen-bond donors (Lipinski definition) is 2. The average molecular weight is 562 g/mol. The number of nitrogens with two attached hydrogens (primary N) is 1. The molecule has 1 fully saturated rings. The number of pyridine rings is 2. The van der Waals surface area contributed by atoms with E-state index < -0.39 is 6.10 Å². The van der Waals surface area contributed by atoms with Gasteiger partial charge in [0.15, 0.2) is 11.2 Å². The van der Waals surface area contributed by atoms with Crippen molar-refractivity contribution in [2.75, 3.05) is 18.8 Å². The molecule has 6 rings (SSSR count). The highest BCUT2D eigenvalue weighted by Gasteiger charge is 2.29. The number of hydrogen-bond acceptors (Lipinski definition) is 8. The first-order valence-corrected chi connectivity index (χ1v) is 12.8. The fourth-order valence-electron chi connectivity index (χ4n) is 4.84. The lowest BCUT2D eigenvalue weighted by molar-refractivity contribution is -0.140. The van der Waals surface area contributed by atoms with Crippen molar-refractivity contribution in [1.82, 2.24) is 29.5 Å². The van der Waals surface area contributed by atoms with Crippen LogP contribution in [0.1, 0.15) is 31.4 Å². The van der Waals surface area contributed by atoms with Crippen molar-refractivity contribution < 1.29 is 14.3 Å². The van der Waals surface area contributed by atoms with Crippen molar-refractivity contribution in [3.63, 3.8) is 0 Å². The molecule has 0 saturated carbocycles. The monoisotopic (exact) mass is 561 g/mol. The Morgan fingerprint density at radius 2 is 1.95 bits per heavy atom. The van der Waals surface area contributed by atoms with Crippen molar-refractivity contribution in [2.24, 2.45) is 0 Å². The van der Waals surface area contributed by atoms with Gasteiger partial charge in [0.1, 0.15) is 17.4 Å². The van der Waals surface area contributed by atoms with Crippen LogP contribution in [0.25, 0.3) is 39.1 Å². The molecule has 37 heavy (non-hydrogen) atoms. The van der Waals surface area contributed by atoms with Crippen LogP contribution in [0.4, 0.5) is 5.82 Å². The van der Waals surface area contributed by atoms with E-state index in [0.717, 1.165) is 46.4 Å². The van der Waals surface area contributed by atoms with Crippen molar-refractivity contribution in [1.29, 1.82) is 0 Å². The van der Waals surface area contributed by atoms with E-state index in [-0.39, 0.29) is 11.8 Å². The smallest absolute Gasteiger partial charge is 0.251 e. The number of nitrogens with zero attached hydrogens (tertiary/aromatic N) is 6. The lowest BCUT2D eigenvalue weighted by Gasteiger charge is -2.33. The number of halogens is 1. The van der Waals surface area contributed by atoms with Crippen LogP contribution < -0.4 is 5.73 Å². The molecule has 5 aromatic rings. The van der Waals surface area contributed by atoms with Crippen molar-refractivity contribution in [3.8, 4) is 22.4 Å². The number of aliphatic hydroxyl groups is 1. The van der Waals surface area contributed by atoms with Gasteiger partial charge in [0.2, 0.25) is 0 Å². The number of piperidine rings is 1. The molecule has 1 aliphatic heterocycles. The second-order valence-corrected chi connectivity index (χ2v) is 10.0. The minimum atomic E-state index is -0.993. The molecule has 0 spiro atoms. The van der Waals surface area contributed by atoms with E-state index in [1.54, 1.807) is 34.3 Å². The highest BCUT2D eigenvalue weighted by atomic mass is 79.9. The normalized spacial score (nSPS) is 15.5. The topological polar surface area (TPSA) is 136 Å². The molecule has 188 valence electrons. The number of furan rings is 1. The van der Waals surface area contributed by atoms with Crippen LogP contribution >= 0.6 is 15.9 Å². The van der Waals surface area contributed by atoms with Crippen molar-refractivity contribution >= 4 is 44.4 Å². The standard InChI is InChI=1S/C26H24BrN7O3/c1-14(35)26(36)33-7-4-15(5-8-33)23-22(27)24(28)34-25(32-23)18(13-31-34)16-2-3-19(29-11-16)17-10-21-20(30-12-17)6-9-37-21/h2-3,6,9-15,35H,4-5,7-8,28H2,1H3/t14-/m1/s1. The zero-order valence-electron chi connectivity index (χ0n) is 20.0. The van der Waals surface area contributed by atoms with Gasteiger partial charge in [-0.3, -0.25) is 14.8 Å². The summed E-state index contributed by atoms with van der Waals surface area (Å²) in [6.07, 6.45) is 7.39. The van der Waals surface area contributed by atoms with Crippen molar-refractivity contribution in [2.45, 2.75) is 31.8 Å². The van der Waals surface area contributed by atoms with Crippen LogP contribution in [0.2, 0.25) is 0 Å². The van der Waals surface area contributed by atoms with Crippen LogP contribution in [0.15, 0.2) is 58.0 Å². The van der Waals surface area contributed by atoms with Crippen LogP contribution in [-0.4, -0.2) is 59.7 Å². The maximum absolute atomic E-state index is 12.2. The van der Waals surface area contributed by atoms with Gasteiger partial charge in [-0.1, -0.05) is 6.07 Å². The Morgan fingerprint density at radius 3 is 2.68 bits per heavy atom. The quantitative estimate of drug-likeness (QED) is 0.335. The predicted molar refractivity (Wildman–Crippen MR) is 142 cm³/mol. The Bertz CT molecular complexity index is 1620. The van der Waals surface area contributed by atoms with Gasteiger partial charge < -0.3 is 20.2 Å². The Hall–Kier alpha value is -3.83. The second-order valence-electron chi connectivity index (χ2n) is 9.23. The molecule has 0 radical (unpaired) electrons. The molecule has 1 saturated heterocycles. The first-order valence-electron chi connectivity index (χ1n) is 12.0. The predicted octanol–water partition coefficient (Wildman–Crippen LogP) is 4.03. The number of anilines is 1. The Kier molecular flexibility index (Phi) is 5.88. The number of nitrogen functional groups attached to an aromatic ring is 1. The minimum Gasteiger partial charge on any atom is -0.463 e. The summed E-state index contributed by atoms with van der Waals surface area (Å²) in [5, 5.41) is 14.1. The van der Waals surface area contributed by atoms with Gasteiger partial charge in [-0.25, -0.2) is 4.98 Å². The van der Waals surface area contributed by atoms with Crippen LogP contribution in [0, 0.1) is 0 Å². The molecule has 0 unspecified atom stereocenters. The average Bonchev–Trinajstić information content (AvgIpc) is 3.57. The Balaban J connectivity index is 1.31. The molecular formula is C26H24BrN7O3. The maximum Gasteiger partial charge on any atom is 0.251 e. The fraction of sp³-hybridized carbons (Fsp3) is 0.269. The largest absolute Gasteiger partial charge is 0.463 e. The summed E-state index contributed by atoms with van der Waals surface area (Å²) in [5.41, 5.74) is 12.8. The molecule has 6 heterocycles. The third-order valence-electron chi connectivity index (χ3n) is 6.87. The van der Waals surface area contributed by atoms with Gasteiger partial charge in [0, 0.05) is 54.2 Å². The maximum atomic E-state index is 12.2. The molecule has 0 aliphatic carbocycles. The lowest BCUT2D eigenvalue weighted by Crippen LogP contribution is -2.42. The number of carbonyl (C=O) groups is 1. The second kappa shape index (κ2) is 9.24. The van der Waals surface area contributed by atoms with E-state index in [1.807, 2.05) is 24.3 Å². The molecule has 1 amide bonds. The number of rotatable bonds is 4. The van der Waals surface area contributed by atoms with E-state index in [9.17, 15) is 9.90 Å². The summed E-state index contributed by atoms with van der Waals surface area (Å²) >= 11 is 3.62. The molecule has 5 aromatic heterocycles.